The molecule has 0 spiro atoms. The Balaban J connectivity index is 2.83. The van der Waals surface area contributed by atoms with Crippen molar-refractivity contribution in [1.82, 2.24) is 0 Å². The first-order valence-corrected chi connectivity index (χ1v) is 5.44. The van der Waals surface area contributed by atoms with Crippen LogP contribution in [0.2, 0.25) is 0 Å². The Hall–Kier alpha value is -1.00. The monoisotopic (exact) mass is 212 g/mol. The summed E-state index contributed by atoms with van der Waals surface area (Å²) in [7, 11) is 0. The molecule has 1 aromatic carbocycles. The molecule has 0 bridgehead atoms. The highest BCUT2D eigenvalue weighted by atomic mass is 32.2. The van der Waals surface area contributed by atoms with Gasteiger partial charge in [0.25, 0.3) is 0 Å². The average Bonchev–Trinajstić information content (AvgIpc) is 2.19. The van der Waals surface area contributed by atoms with Crippen LogP contribution in [0.1, 0.15) is 11.7 Å². The highest BCUT2D eigenvalue weighted by molar-refractivity contribution is 7.99. The third-order valence-corrected chi connectivity index (χ3v) is 2.89. The summed E-state index contributed by atoms with van der Waals surface area (Å²) in [5.74, 6) is -0.992. The molecule has 4 heteroatoms. The molecule has 14 heavy (non-hydrogen) atoms. The third kappa shape index (κ3) is 2.49. The average molecular weight is 212 g/mol. The van der Waals surface area contributed by atoms with E-state index < -0.39 is 17.3 Å². The molecule has 1 rings (SSSR count). The van der Waals surface area contributed by atoms with Gasteiger partial charge in [-0.05, 0) is 11.8 Å². The molecule has 0 aliphatic heterocycles. The first-order valence-electron chi connectivity index (χ1n) is 4.15. The largest absolute Gasteiger partial charge is 0.480 e. The predicted octanol–water partition coefficient (Wildman–Crippen LogP) is 1.54. The smallest absolute Gasteiger partial charge is 0.319 e. The van der Waals surface area contributed by atoms with Crippen LogP contribution in [0.5, 0.6) is 0 Å². The van der Waals surface area contributed by atoms with Gasteiger partial charge in [-0.2, -0.15) is 0 Å². The molecule has 0 saturated heterocycles. The van der Waals surface area contributed by atoms with Crippen molar-refractivity contribution in [2.75, 3.05) is 6.26 Å². The summed E-state index contributed by atoms with van der Waals surface area (Å²) in [6, 6.07) is 8.81. The molecule has 0 aromatic heterocycles. The lowest BCUT2D eigenvalue weighted by Crippen LogP contribution is -2.24. The van der Waals surface area contributed by atoms with Crippen molar-refractivity contribution < 1.29 is 15.0 Å². The molecule has 0 unspecified atom stereocenters. The van der Waals surface area contributed by atoms with Crippen molar-refractivity contribution in [3.05, 3.63) is 35.9 Å². The van der Waals surface area contributed by atoms with Gasteiger partial charge < -0.3 is 10.2 Å². The maximum atomic E-state index is 10.8. The molecule has 76 valence electrons. The fourth-order valence-electron chi connectivity index (χ4n) is 1.19. The van der Waals surface area contributed by atoms with Gasteiger partial charge in [0.2, 0.25) is 0 Å². The number of benzene rings is 1. The summed E-state index contributed by atoms with van der Waals surface area (Å²) in [5, 5.41) is 17.8. The zero-order chi connectivity index (χ0) is 10.6. The zero-order valence-electron chi connectivity index (χ0n) is 7.75. The maximum Gasteiger partial charge on any atom is 0.319 e. The third-order valence-electron chi connectivity index (χ3n) is 1.93. The minimum atomic E-state index is -0.992. The van der Waals surface area contributed by atoms with Crippen molar-refractivity contribution in [3.8, 4) is 0 Å². The topological polar surface area (TPSA) is 57.5 Å². The summed E-state index contributed by atoms with van der Waals surface area (Å²) in [5.41, 5.74) is 0.634. The van der Waals surface area contributed by atoms with E-state index in [1.807, 2.05) is 6.07 Å². The lowest BCUT2D eigenvalue weighted by molar-refractivity contribution is -0.138. The highest BCUT2D eigenvalue weighted by Gasteiger charge is 2.26. The van der Waals surface area contributed by atoms with E-state index in [2.05, 4.69) is 0 Å². The van der Waals surface area contributed by atoms with E-state index >= 15 is 0 Å². The van der Waals surface area contributed by atoms with Crippen molar-refractivity contribution in [3.63, 3.8) is 0 Å². The van der Waals surface area contributed by atoms with Gasteiger partial charge in [0.05, 0.1) is 0 Å². The van der Waals surface area contributed by atoms with Crippen LogP contribution < -0.4 is 0 Å². The number of hydrogen-bond donors (Lipinski definition) is 2. The number of thioether (sulfide) groups is 1. The minimum Gasteiger partial charge on any atom is -0.480 e. The molecule has 0 amide bonds. The Bertz CT molecular complexity index is 299. The second kappa shape index (κ2) is 5.02. The number of carbonyl (C=O) groups is 1. The Kier molecular flexibility index (Phi) is 3.98. The SMILES string of the molecule is CS[C@@H](C(=O)O)[C@H](O)c1ccccc1. The fraction of sp³-hybridized carbons (Fsp3) is 0.300. The van der Waals surface area contributed by atoms with Crippen LogP contribution in [0.4, 0.5) is 0 Å². The highest BCUT2D eigenvalue weighted by Crippen LogP contribution is 2.24. The second-order valence-electron chi connectivity index (χ2n) is 2.85. The van der Waals surface area contributed by atoms with Crippen molar-refractivity contribution in [1.29, 1.82) is 0 Å². The number of aliphatic carboxylic acids is 1. The van der Waals surface area contributed by atoms with Crippen molar-refractivity contribution in [2.45, 2.75) is 11.4 Å². The summed E-state index contributed by atoms with van der Waals surface area (Å²) in [6.07, 6.45) is 0.717. The number of aliphatic hydroxyl groups is 1. The van der Waals surface area contributed by atoms with Gasteiger partial charge in [-0.25, -0.2) is 0 Å². The molecule has 1 aromatic rings. The number of rotatable bonds is 4. The molecule has 0 fully saturated rings. The van der Waals surface area contributed by atoms with Crippen LogP contribution >= 0.6 is 11.8 Å². The fourth-order valence-corrected chi connectivity index (χ4v) is 1.81. The molecule has 0 radical (unpaired) electrons. The van der Waals surface area contributed by atoms with Crippen LogP contribution in [0.15, 0.2) is 30.3 Å². The van der Waals surface area contributed by atoms with Crippen molar-refractivity contribution in [2.24, 2.45) is 0 Å². The number of hydrogen-bond acceptors (Lipinski definition) is 3. The van der Waals surface area contributed by atoms with Crippen LogP contribution in [0.3, 0.4) is 0 Å². The van der Waals surface area contributed by atoms with Crippen LogP contribution in [-0.2, 0) is 4.79 Å². The Morgan fingerprint density at radius 3 is 2.36 bits per heavy atom. The molecule has 2 atom stereocenters. The molecular weight excluding hydrogens is 200 g/mol. The Morgan fingerprint density at radius 2 is 1.93 bits per heavy atom. The Labute approximate surface area is 86.8 Å². The summed E-state index contributed by atoms with van der Waals surface area (Å²) in [4.78, 5) is 10.8. The molecule has 0 aliphatic carbocycles. The first-order chi connectivity index (χ1) is 6.66. The van der Waals surface area contributed by atoms with E-state index in [4.69, 9.17) is 5.11 Å². The summed E-state index contributed by atoms with van der Waals surface area (Å²) in [6.45, 7) is 0. The van der Waals surface area contributed by atoms with Crippen LogP contribution in [-0.4, -0.2) is 27.7 Å². The van der Waals surface area contributed by atoms with E-state index in [-0.39, 0.29) is 0 Å². The number of carboxylic acid groups (broad SMARTS) is 1. The van der Waals surface area contributed by atoms with E-state index in [0.717, 1.165) is 11.8 Å². The first kappa shape index (κ1) is 11.1. The second-order valence-corrected chi connectivity index (χ2v) is 3.83. The number of aliphatic hydroxyl groups excluding tert-OH is 1. The van der Waals surface area contributed by atoms with Gasteiger partial charge in [-0.3, -0.25) is 4.79 Å². The van der Waals surface area contributed by atoms with E-state index in [0.29, 0.717) is 5.56 Å². The lowest BCUT2D eigenvalue weighted by atomic mass is 10.1. The van der Waals surface area contributed by atoms with Gasteiger partial charge in [-0.1, -0.05) is 30.3 Å². The van der Waals surface area contributed by atoms with Gasteiger partial charge in [0.15, 0.2) is 0 Å². The molecule has 0 saturated carbocycles. The van der Waals surface area contributed by atoms with E-state index in [1.165, 1.54) is 0 Å². The van der Waals surface area contributed by atoms with Crippen molar-refractivity contribution >= 4 is 17.7 Å². The molecule has 3 nitrogen and oxygen atoms in total. The summed E-state index contributed by atoms with van der Waals surface area (Å²) >= 11 is 1.13. The van der Waals surface area contributed by atoms with E-state index in [9.17, 15) is 9.90 Å². The Morgan fingerprint density at radius 1 is 1.36 bits per heavy atom. The van der Waals surface area contributed by atoms with Crippen LogP contribution in [0, 0.1) is 0 Å². The molecule has 0 heterocycles. The van der Waals surface area contributed by atoms with E-state index in [1.54, 1.807) is 30.5 Å². The van der Waals surface area contributed by atoms with Gasteiger partial charge in [0.1, 0.15) is 11.4 Å². The van der Waals surface area contributed by atoms with Crippen LogP contribution in [0.25, 0.3) is 0 Å². The summed E-state index contributed by atoms with van der Waals surface area (Å²) < 4.78 is 0. The molecule has 2 N–H and O–H groups in total. The minimum absolute atomic E-state index is 0.634. The van der Waals surface area contributed by atoms with Gasteiger partial charge >= 0.3 is 5.97 Å². The van der Waals surface area contributed by atoms with Gasteiger partial charge in [-0.15, -0.1) is 11.8 Å². The zero-order valence-corrected chi connectivity index (χ0v) is 8.57. The maximum absolute atomic E-state index is 10.8. The lowest BCUT2D eigenvalue weighted by Gasteiger charge is -2.16. The normalized spacial score (nSPS) is 14.7. The standard InChI is InChI=1S/C10H12O3S/c1-14-9(10(12)13)8(11)7-5-3-2-4-6-7/h2-6,8-9,11H,1H3,(H,12,13)/t8-,9-/m1/s1. The molecular formula is C10H12O3S. The predicted molar refractivity (Wildman–Crippen MR) is 56.3 cm³/mol. The molecule has 0 aliphatic rings. The quantitative estimate of drug-likeness (QED) is 0.794. The number of carboxylic acids is 1. The van der Waals surface area contributed by atoms with Gasteiger partial charge in [0, 0.05) is 0 Å².